The van der Waals surface area contributed by atoms with Crippen molar-refractivity contribution in [2.75, 3.05) is 7.11 Å². The molecule has 0 saturated carbocycles. The van der Waals surface area contributed by atoms with E-state index in [1.807, 2.05) is 6.07 Å². The monoisotopic (exact) mass is 269 g/mol. The van der Waals surface area contributed by atoms with E-state index in [1.165, 1.54) is 16.7 Å². The third-order valence-corrected chi connectivity index (χ3v) is 3.60. The number of rotatable bonds is 6. The fourth-order valence-electron chi connectivity index (χ4n) is 2.36. The van der Waals surface area contributed by atoms with Gasteiger partial charge in [0.1, 0.15) is 5.75 Å². The van der Waals surface area contributed by atoms with Crippen LogP contribution in [0.15, 0.2) is 48.5 Å². The molecule has 0 bridgehead atoms. The van der Waals surface area contributed by atoms with Crippen molar-refractivity contribution in [3.8, 4) is 5.75 Å². The van der Waals surface area contributed by atoms with Crippen LogP contribution in [0.1, 0.15) is 30.0 Å². The van der Waals surface area contributed by atoms with Gasteiger partial charge in [-0.05, 0) is 35.6 Å². The lowest BCUT2D eigenvalue weighted by Crippen LogP contribution is -2.21. The number of hydrogen-bond acceptors (Lipinski definition) is 2. The van der Waals surface area contributed by atoms with Crippen molar-refractivity contribution in [1.82, 2.24) is 0 Å². The van der Waals surface area contributed by atoms with Crippen LogP contribution in [0.3, 0.4) is 0 Å². The largest absolute Gasteiger partial charge is 0.496 e. The molecule has 20 heavy (non-hydrogen) atoms. The molecule has 2 nitrogen and oxygen atoms in total. The first-order chi connectivity index (χ1) is 9.72. The van der Waals surface area contributed by atoms with E-state index in [4.69, 9.17) is 10.5 Å². The summed E-state index contributed by atoms with van der Waals surface area (Å²) in [5.74, 6) is 0.947. The summed E-state index contributed by atoms with van der Waals surface area (Å²) >= 11 is 0. The van der Waals surface area contributed by atoms with E-state index >= 15 is 0 Å². The van der Waals surface area contributed by atoms with Gasteiger partial charge in [0, 0.05) is 12.5 Å². The average molecular weight is 269 g/mol. The van der Waals surface area contributed by atoms with Gasteiger partial charge < -0.3 is 10.5 Å². The molecule has 2 heteroatoms. The summed E-state index contributed by atoms with van der Waals surface area (Å²) < 4.78 is 5.47. The molecule has 0 aromatic heterocycles. The maximum Gasteiger partial charge on any atom is 0.122 e. The summed E-state index contributed by atoms with van der Waals surface area (Å²) in [5, 5.41) is 0. The number of benzene rings is 2. The summed E-state index contributed by atoms with van der Waals surface area (Å²) in [5.41, 5.74) is 9.85. The zero-order chi connectivity index (χ0) is 14.4. The summed E-state index contributed by atoms with van der Waals surface area (Å²) in [4.78, 5) is 0. The van der Waals surface area contributed by atoms with E-state index in [9.17, 15) is 0 Å². The topological polar surface area (TPSA) is 35.2 Å². The fourth-order valence-corrected chi connectivity index (χ4v) is 2.36. The average Bonchev–Trinajstić information content (AvgIpc) is 2.48. The van der Waals surface area contributed by atoms with Crippen molar-refractivity contribution in [3.05, 3.63) is 65.2 Å². The number of methoxy groups -OCH3 is 1. The minimum atomic E-state index is 0.230. The molecule has 106 valence electrons. The third-order valence-electron chi connectivity index (χ3n) is 3.60. The minimum absolute atomic E-state index is 0.230. The second-order valence-corrected chi connectivity index (χ2v) is 5.18. The fraction of sp³-hybridized carbons (Fsp3) is 0.333. The van der Waals surface area contributed by atoms with E-state index in [0.717, 1.165) is 25.0 Å². The van der Waals surface area contributed by atoms with Crippen molar-refractivity contribution in [2.45, 2.75) is 32.2 Å². The first kappa shape index (κ1) is 14.6. The van der Waals surface area contributed by atoms with Gasteiger partial charge in [-0.25, -0.2) is 0 Å². The summed E-state index contributed by atoms with van der Waals surface area (Å²) in [6.45, 7) is 2.12. The maximum atomic E-state index is 6.05. The Balaban J connectivity index is 2.22. The summed E-state index contributed by atoms with van der Waals surface area (Å²) in [7, 11) is 1.72. The van der Waals surface area contributed by atoms with Crippen LogP contribution in [0.2, 0.25) is 0 Å². The van der Waals surface area contributed by atoms with Crippen molar-refractivity contribution in [1.29, 1.82) is 0 Å². The number of nitrogens with two attached hydrogens (primary N) is 1. The number of hydrogen-bond donors (Lipinski definition) is 1. The molecule has 0 fully saturated rings. The molecule has 1 unspecified atom stereocenters. The van der Waals surface area contributed by atoms with Gasteiger partial charge in [-0.15, -0.1) is 0 Å². The van der Waals surface area contributed by atoms with Crippen LogP contribution in [0.4, 0.5) is 0 Å². The van der Waals surface area contributed by atoms with Crippen LogP contribution < -0.4 is 10.5 Å². The van der Waals surface area contributed by atoms with Crippen molar-refractivity contribution in [2.24, 2.45) is 5.73 Å². The Morgan fingerprint density at radius 1 is 1.05 bits per heavy atom. The lowest BCUT2D eigenvalue weighted by atomic mass is 9.98. The highest BCUT2D eigenvalue weighted by molar-refractivity contribution is 5.40. The molecular weight excluding hydrogens is 246 g/mol. The van der Waals surface area contributed by atoms with E-state index in [-0.39, 0.29) is 6.04 Å². The molecule has 0 aliphatic carbocycles. The maximum absolute atomic E-state index is 6.05. The van der Waals surface area contributed by atoms with E-state index in [0.29, 0.717) is 0 Å². The Morgan fingerprint density at radius 2 is 1.80 bits per heavy atom. The lowest BCUT2D eigenvalue weighted by molar-refractivity contribution is 0.410. The lowest BCUT2D eigenvalue weighted by Gasteiger charge is -2.13. The zero-order valence-electron chi connectivity index (χ0n) is 12.3. The molecule has 2 aromatic carbocycles. The molecule has 2 aromatic rings. The molecule has 2 N–H and O–H groups in total. The first-order valence-electron chi connectivity index (χ1n) is 7.18. The summed E-state index contributed by atoms with van der Waals surface area (Å²) in [6, 6.07) is 17.1. The van der Waals surface area contributed by atoms with Crippen LogP contribution in [0.5, 0.6) is 5.75 Å². The van der Waals surface area contributed by atoms with Crippen LogP contribution >= 0.6 is 0 Å². The highest BCUT2D eigenvalue weighted by atomic mass is 16.5. The number of ether oxygens (including phenoxy) is 1. The SMILES string of the molecule is CCC(N)Cc1ccc(OC)c(Cc2ccccc2)c1. The van der Waals surface area contributed by atoms with Crippen molar-refractivity contribution in [3.63, 3.8) is 0 Å². The Bertz CT molecular complexity index is 536. The van der Waals surface area contributed by atoms with Gasteiger partial charge in [-0.3, -0.25) is 0 Å². The predicted molar refractivity (Wildman–Crippen MR) is 84.2 cm³/mol. The van der Waals surface area contributed by atoms with Gasteiger partial charge in [0.15, 0.2) is 0 Å². The standard InChI is InChI=1S/C18H23NO/c1-3-17(19)13-15-9-10-18(20-2)16(12-15)11-14-7-5-4-6-8-14/h4-10,12,17H,3,11,13,19H2,1-2H3. The molecule has 0 radical (unpaired) electrons. The Morgan fingerprint density at radius 3 is 2.45 bits per heavy atom. The molecular formula is C18H23NO. The molecule has 0 saturated heterocycles. The van der Waals surface area contributed by atoms with Gasteiger partial charge in [0.2, 0.25) is 0 Å². The van der Waals surface area contributed by atoms with Crippen LogP contribution in [-0.4, -0.2) is 13.2 Å². The molecule has 1 atom stereocenters. The smallest absolute Gasteiger partial charge is 0.122 e. The van der Waals surface area contributed by atoms with Crippen LogP contribution in [-0.2, 0) is 12.8 Å². The minimum Gasteiger partial charge on any atom is -0.496 e. The summed E-state index contributed by atoms with van der Waals surface area (Å²) in [6.07, 6.45) is 2.81. The van der Waals surface area contributed by atoms with Gasteiger partial charge >= 0.3 is 0 Å². The van der Waals surface area contributed by atoms with Gasteiger partial charge in [0.05, 0.1) is 7.11 Å². The third kappa shape index (κ3) is 3.84. The molecule has 0 aliphatic rings. The normalized spacial score (nSPS) is 12.2. The molecule has 0 heterocycles. The van der Waals surface area contributed by atoms with E-state index in [1.54, 1.807) is 7.11 Å². The Kier molecular flexibility index (Phi) is 5.19. The molecule has 0 amide bonds. The predicted octanol–water partition coefficient (Wildman–Crippen LogP) is 3.57. The highest BCUT2D eigenvalue weighted by Gasteiger charge is 2.08. The second kappa shape index (κ2) is 7.11. The van der Waals surface area contributed by atoms with Gasteiger partial charge in [-0.2, -0.15) is 0 Å². The Hall–Kier alpha value is -1.80. The molecule has 2 rings (SSSR count). The zero-order valence-corrected chi connectivity index (χ0v) is 12.3. The van der Waals surface area contributed by atoms with Gasteiger partial charge in [-0.1, -0.05) is 49.4 Å². The molecule has 0 aliphatic heterocycles. The van der Waals surface area contributed by atoms with E-state index < -0.39 is 0 Å². The first-order valence-corrected chi connectivity index (χ1v) is 7.18. The second-order valence-electron chi connectivity index (χ2n) is 5.18. The molecule has 0 spiro atoms. The Labute approximate surface area is 121 Å². The van der Waals surface area contributed by atoms with Gasteiger partial charge in [0.25, 0.3) is 0 Å². The highest BCUT2D eigenvalue weighted by Crippen LogP contribution is 2.23. The van der Waals surface area contributed by atoms with Crippen LogP contribution in [0.25, 0.3) is 0 Å². The van der Waals surface area contributed by atoms with Crippen molar-refractivity contribution >= 4 is 0 Å². The van der Waals surface area contributed by atoms with Crippen LogP contribution in [0, 0.1) is 0 Å². The van der Waals surface area contributed by atoms with Crippen molar-refractivity contribution < 1.29 is 4.74 Å². The quantitative estimate of drug-likeness (QED) is 0.870. The van der Waals surface area contributed by atoms with E-state index in [2.05, 4.69) is 49.4 Å².